The molecule has 1 heterocycles. The van der Waals surface area contributed by atoms with Crippen LogP contribution in [0.3, 0.4) is 0 Å². The van der Waals surface area contributed by atoms with E-state index in [1.54, 1.807) is 6.07 Å². The van der Waals surface area contributed by atoms with Gasteiger partial charge in [-0.3, -0.25) is 4.79 Å². The number of hydrogen-bond donors (Lipinski definition) is 0. The van der Waals surface area contributed by atoms with Crippen LogP contribution < -0.4 is 0 Å². The highest BCUT2D eigenvalue weighted by Gasteiger charge is 2.33. The van der Waals surface area contributed by atoms with Crippen LogP contribution in [0.15, 0.2) is 18.2 Å². The molecule has 116 valence electrons. The average Bonchev–Trinajstić information content (AvgIpc) is 2.40. The standard InChI is InChI=1S/C16H21ClFNO2/c1-3-11(4-2)16(20)19-8-14(9-19)21-10-12-5-6-13(18)7-15(12)17/h5-7,11,14H,3-4,8-10H2,1-2H3. The fraction of sp³-hybridized carbons (Fsp3) is 0.562. The van der Waals surface area contributed by atoms with E-state index in [1.165, 1.54) is 12.1 Å². The molecule has 1 saturated heterocycles. The topological polar surface area (TPSA) is 29.5 Å². The number of rotatable bonds is 6. The molecule has 2 rings (SSSR count). The molecule has 1 aromatic rings. The maximum atomic E-state index is 12.9. The van der Waals surface area contributed by atoms with Gasteiger partial charge in [-0.15, -0.1) is 0 Å². The van der Waals surface area contributed by atoms with E-state index < -0.39 is 0 Å². The molecule has 21 heavy (non-hydrogen) atoms. The summed E-state index contributed by atoms with van der Waals surface area (Å²) in [6.45, 7) is 5.69. The molecule has 5 heteroatoms. The van der Waals surface area contributed by atoms with Gasteiger partial charge in [0.1, 0.15) is 5.82 Å². The van der Waals surface area contributed by atoms with Crippen LogP contribution in [0.25, 0.3) is 0 Å². The predicted octanol–water partition coefficient (Wildman–Crippen LogP) is 3.64. The summed E-state index contributed by atoms with van der Waals surface area (Å²) in [6.07, 6.45) is 1.80. The SMILES string of the molecule is CCC(CC)C(=O)N1CC(OCc2ccc(F)cc2Cl)C1. The Morgan fingerprint density at radius 1 is 1.43 bits per heavy atom. The van der Waals surface area contributed by atoms with Crippen LogP contribution >= 0.6 is 11.6 Å². The lowest BCUT2D eigenvalue weighted by atomic mass is 9.99. The summed E-state index contributed by atoms with van der Waals surface area (Å²) >= 11 is 5.95. The number of amides is 1. The molecule has 1 amide bonds. The van der Waals surface area contributed by atoms with E-state index in [2.05, 4.69) is 0 Å². The van der Waals surface area contributed by atoms with Gasteiger partial charge in [0.05, 0.1) is 12.7 Å². The first kappa shape index (κ1) is 16.2. The second-order valence-electron chi connectivity index (χ2n) is 5.43. The van der Waals surface area contributed by atoms with Crippen molar-refractivity contribution in [3.63, 3.8) is 0 Å². The Bertz CT molecular complexity index is 499. The van der Waals surface area contributed by atoms with Crippen LogP contribution in [-0.2, 0) is 16.1 Å². The van der Waals surface area contributed by atoms with E-state index in [0.29, 0.717) is 24.7 Å². The zero-order valence-electron chi connectivity index (χ0n) is 12.4. The molecule has 1 aliphatic heterocycles. The fourth-order valence-corrected chi connectivity index (χ4v) is 2.69. The predicted molar refractivity (Wildman–Crippen MR) is 80.6 cm³/mol. The first-order valence-corrected chi connectivity index (χ1v) is 7.77. The van der Waals surface area contributed by atoms with Gasteiger partial charge in [0.2, 0.25) is 5.91 Å². The molecule has 0 spiro atoms. The van der Waals surface area contributed by atoms with Gasteiger partial charge >= 0.3 is 0 Å². The van der Waals surface area contributed by atoms with Crippen molar-refractivity contribution >= 4 is 17.5 Å². The average molecular weight is 314 g/mol. The Morgan fingerprint density at radius 2 is 2.10 bits per heavy atom. The molecule has 0 unspecified atom stereocenters. The number of likely N-dealkylation sites (tertiary alicyclic amines) is 1. The Morgan fingerprint density at radius 3 is 2.67 bits per heavy atom. The molecule has 1 aromatic carbocycles. The van der Waals surface area contributed by atoms with Gasteiger partial charge in [-0.05, 0) is 30.5 Å². The molecule has 0 bridgehead atoms. The second-order valence-corrected chi connectivity index (χ2v) is 5.83. The van der Waals surface area contributed by atoms with Crippen molar-refractivity contribution in [3.05, 3.63) is 34.6 Å². The quantitative estimate of drug-likeness (QED) is 0.802. The number of halogens is 2. The van der Waals surface area contributed by atoms with Crippen LogP contribution in [0, 0.1) is 11.7 Å². The summed E-state index contributed by atoms with van der Waals surface area (Å²) in [5.41, 5.74) is 0.767. The molecular formula is C16H21ClFNO2. The minimum Gasteiger partial charge on any atom is -0.370 e. The van der Waals surface area contributed by atoms with Gasteiger partial charge < -0.3 is 9.64 Å². The van der Waals surface area contributed by atoms with Gasteiger partial charge in [0.15, 0.2) is 0 Å². The Kier molecular flexibility index (Phi) is 5.59. The highest BCUT2D eigenvalue weighted by Crippen LogP contribution is 2.22. The lowest BCUT2D eigenvalue weighted by molar-refractivity contribution is -0.150. The molecule has 1 aliphatic rings. The normalized spacial score (nSPS) is 15.4. The third-order valence-corrected chi connectivity index (χ3v) is 4.34. The van der Waals surface area contributed by atoms with E-state index in [4.69, 9.17) is 16.3 Å². The first-order chi connectivity index (χ1) is 10.0. The van der Waals surface area contributed by atoms with E-state index in [0.717, 1.165) is 18.4 Å². The number of benzene rings is 1. The zero-order chi connectivity index (χ0) is 15.4. The van der Waals surface area contributed by atoms with Gasteiger partial charge in [-0.2, -0.15) is 0 Å². The summed E-state index contributed by atoms with van der Waals surface area (Å²) in [4.78, 5) is 13.9. The van der Waals surface area contributed by atoms with Crippen molar-refractivity contribution in [1.82, 2.24) is 4.90 Å². The zero-order valence-corrected chi connectivity index (χ0v) is 13.2. The first-order valence-electron chi connectivity index (χ1n) is 7.39. The van der Waals surface area contributed by atoms with E-state index in [1.807, 2.05) is 18.7 Å². The van der Waals surface area contributed by atoms with Crippen molar-refractivity contribution in [2.75, 3.05) is 13.1 Å². The van der Waals surface area contributed by atoms with E-state index in [-0.39, 0.29) is 23.7 Å². The van der Waals surface area contributed by atoms with Crippen LogP contribution in [0.4, 0.5) is 4.39 Å². The molecule has 0 aliphatic carbocycles. The smallest absolute Gasteiger partial charge is 0.225 e. The molecule has 0 atom stereocenters. The van der Waals surface area contributed by atoms with Gasteiger partial charge in [-0.1, -0.05) is 31.5 Å². The third kappa shape index (κ3) is 3.95. The number of hydrogen-bond acceptors (Lipinski definition) is 2. The second kappa shape index (κ2) is 7.23. The molecule has 0 radical (unpaired) electrons. The molecule has 0 aromatic heterocycles. The lowest BCUT2D eigenvalue weighted by Crippen LogP contribution is -2.56. The van der Waals surface area contributed by atoms with Crippen LogP contribution in [0.5, 0.6) is 0 Å². The van der Waals surface area contributed by atoms with E-state index in [9.17, 15) is 9.18 Å². The molecule has 0 N–H and O–H groups in total. The molecule has 0 saturated carbocycles. The van der Waals surface area contributed by atoms with Gasteiger partial charge in [0, 0.05) is 24.0 Å². The highest BCUT2D eigenvalue weighted by molar-refractivity contribution is 6.31. The number of ether oxygens (including phenoxy) is 1. The summed E-state index contributed by atoms with van der Waals surface area (Å²) in [6, 6.07) is 4.28. The molecule has 1 fully saturated rings. The number of carbonyl (C=O) groups is 1. The van der Waals surface area contributed by atoms with Crippen LogP contribution in [0.2, 0.25) is 5.02 Å². The summed E-state index contributed by atoms with van der Waals surface area (Å²) in [5.74, 6) is -0.00787. The maximum absolute atomic E-state index is 12.9. The van der Waals surface area contributed by atoms with Crippen molar-refractivity contribution in [1.29, 1.82) is 0 Å². The number of nitrogens with zero attached hydrogens (tertiary/aromatic N) is 1. The molecular weight excluding hydrogens is 293 g/mol. The summed E-state index contributed by atoms with van der Waals surface area (Å²) < 4.78 is 18.6. The van der Waals surface area contributed by atoms with Crippen LogP contribution in [-0.4, -0.2) is 30.0 Å². The van der Waals surface area contributed by atoms with Gasteiger partial charge in [0.25, 0.3) is 0 Å². The molecule has 3 nitrogen and oxygen atoms in total. The van der Waals surface area contributed by atoms with Crippen LogP contribution in [0.1, 0.15) is 32.3 Å². The van der Waals surface area contributed by atoms with E-state index >= 15 is 0 Å². The van der Waals surface area contributed by atoms with Crippen molar-refractivity contribution in [3.8, 4) is 0 Å². The lowest BCUT2D eigenvalue weighted by Gasteiger charge is -2.40. The minimum atomic E-state index is -0.352. The van der Waals surface area contributed by atoms with Crippen molar-refractivity contribution in [2.24, 2.45) is 5.92 Å². The summed E-state index contributed by atoms with van der Waals surface area (Å²) in [7, 11) is 0. The third-order valence-electron chi connectivity index (χ3n) is 3.98. The number of carbonyl (C=O) groups excluding carboxylic acids is 1. The summed E-state index contributed by atoms with van der Waals surface area (Å²) in [5, 5.41) is 0.374. The maximum Gasteiger partial charge on any atom is 0.225 e. The Hall–Kier alpha value is -1.13. The van der Waals surface area contributed by atoms with Crippen molar-refractivity contribution < 1.29 is 13.9 Å². The Labute approximate surface area is 130 Å². The highest BCUT2D eigenvalue weighted by atomic mass is 35.5. The minimum absolute atomic E-state index is 0.0458. The monoisotopic (exact) mass is 313 g/mol. The van der Waals surface area contributed by atoms with Crippen molar-refractivity contribution in [2.45, 2.75) is 39.4 Å². The Balaban J connectivity index is 1.77. The fourth-order valence-electron chi connectivity index (χ4n) is 2.47. The largest absolute Gasteiger partial charge is 0.370 e. The van der Waals surface area contributed by atoms with Gasteiger partial charge in [-0.25, -0.2) is 4.39 Å².